The van der Waals surface area contributed by atoms with Crippen LogP contribution in [0.2, 0.25) is 0 Å². The van der Waals surface area contributed by atoms with Gasteiger partial charge in [-0.3, -0.25) is 9.59 Å². The Kier molecular flexibility index (Phi) is 8.78. The van der Waals surface area contributed by atoms with Crippen LogP contribution in [0.25, 0.3) is 0 Å². The Hall–Kier alpha value is -3.43. The molecule has 4 unspecified atom stereocenters. The first-order valence-corrected chi connectivity index (χ1v) is 13.9. The van der Waals surface area contributed by atoms with Crippen molar-refractivity contribution in [2.75, 3.05) is 45.9 Å². The van der Waals surface area contributed by atoms with Gasteiger partial charge >= 0.3 is 6.09 Å². The minimum Gasteiger partial charge on any atom is -0.444 e. The average Bonchev–Trinajstić information content (AvgIpc) is 3.67. The third-order valence-electron chi connectivity index (χ3n) is 7.99. The maximum Gasteiger partial charge on any atom is 0.407 e. The smallest absolute Gasteiger partial charge is 0.407 e. The normalized spacial score (nSPS) is 24.1. The Balaban J connectivity index is 1.15. The molecule has 9 heteroatoms. The van der Waals surface area contributed by atoms with E-state index in [0.29, 0.717) is 38.1 Å². The minimum absolute atomic E-state index is 0.0446. The molecule has 0 spiro atoms. The van der Waals surface area contributed by atoms with Gasteiger partial charge < -0.3 is 29.9 Å². The van der Waals surface area contributed by atoms with E-state index < -0.39 is 12.1 Å². The Morgan fingerprint density at radius 3 is 2.15 bits per heavy atom. The molecule has 3 fully saturated rings. The van der Waals surface area contributed by atoms with Crippen LogP contribution >= 0.6 is 0 Å². The van der Waals surface area contributed by atoms with Gasteiger partial charge in [-0.15, -0.1) is 0 Å². The van der Waals surface area contributed by atoms with Crippen LogP contribution in [-0.4, -0.2) is 79.7 Å². The van der Waals surface area contributed by atoms with Crippen molar-refractivity contribution in [2.45, 2.75) is 38.0 Å². The molecular formula is C30H38N4O5. The molecule has 208 valence electrons. The molecule has 3 aliphatic rings. The summed E-state index contributed by atoms with van der Waals surface area (Å²) in [6.45, 7) is 6.58. The number of ether oxygens (including phenoxy) is 2. The molecule has 0 bridgehead atoms. The number of nitrogens with one attached hydrogen (secondary N) is 2. The summed E-state index contributed by atoms with van der Waals surface area (Å²) in [6.07, 6.45) is 0.910. The zero-order valence-electron chi connectivity index (χ0n) is 22.5. The van der Waals surface area contributed by atoms with Gasteiger partial charge in [0.2, 0.25) is 11.8 Å². The molecule has 9 nitrogen and oxygen atoms in total. The predicted molar refractivity (Wildman–Crippen MR) is 146 cm³/mol. The number of fused-ring (bicyclic) bond motifs is 1. The zero-order chi connectivity index (χ0) is 27.2. The average molecular weight is 535 g/mol. The van der Waals surface area contributed by atoms with Crippen molar-refractivity contribution in [3.8, 4) is 0 Å². The molecule has 0 aromatic heterocycles. The molecule has 5 rings (SSSR count). The molecule has 3 heterocycles. The van der Waals surface area contributed by atoms with Gasteiger partial charge in [0.05, 0.1) is 19.3 Å². The summed E-state index contributed by atoms with van der Waals surface area (Å²) >= 11 is 0. The lowest BCUT2D eigenvalue weighted by Crippen LogP contribution is -2.42. The highest BCUT2D eigenvalue weighted by atomic mass is 16.6. The fourth-order valence-electron chi connectivity index (χ4n) is 6.02. The van der Waals surface area contributed by atoms with E-state index in [2.05, 4.69) is 15.5 Å². The summed E-state index contributed by atoms with van der Waals surface area (Å²) in [4.78, 5) is 42.2. The zero-order valence-corrected chi connectivity index (χ0v) is 22.5. The van der Waals surface area contributed by atoms with Gasteiger partial charge in [0, 0.05) is 46.1 Å². The Morgan fingerprint density at radius 2 is 1.56 bits per heavy atom. The maximum atomic E-state index is 13.4. The van der Waals surface area contributed by atoms with E-state index in [0.717, 1.165) is 43.6 Å². The van der Waals surface area contributed by atoms with Crippen molar-refractivity contribution in [1.82, 2.24) is 20.4 Å². The topological polar surface area (TPSA) is 100 Å². The van der Waals surface area contributed by atoms with Crippen molar-refractivity contribution in [3.63, 3.8) is 0 Å². The first kappa shape index (κ1) is 27.1. The largest absolute Gasteiger partial charge is 0.444 e. The number of carbonyl (C=O) groups is 3. The number of likely N-dealkylation sites (tertiary alicyclic amines) is 2. The van der Waals surface area contributed by atoms with E-state index >= 15 is 0 Å². The summed E-state index contributed by atoms with van der Waals surface area (Å²) in [5.41, 5.74) is 1.85. The molecule has 5 atom stereocenters. The highest BCUT2D eigenvalue weighted by Crippen LogP contribution is 2.33. The Labute approximate surface area is 229 Å². The first-order valence-electron chi connectivity index (χ1n) is 13.9. The molecular weight excluding hydrogens is 496 g/mol. The summed E-state index contributed by atoms with van der Waals surface area (Å²) in [5, 5.41) is 5.91. The maximum absolute atomic E-state index is 13.4. The fourth-order valence-corrected chi connectivity index (χ4v) is 6.02. The second kappa shape index (κ2) is 12.6. The minimum atomic E-state index is -0.660. The molecule has 2 aromatic rings. The van der Waals surface area contributed by atoms with E-state index in [1.807, 2.05) is 65.6 Å². The lowest BCUT2D eigenvalue weighted by Gasteiger charge is -2.27. The van der Waals surface area contributed by atoms with Gasteiger partial charge in [-0.25, -0.2) is 4.79 Å². The van der Waals surface area contributed by atoms with E-state index in [4.69, 9.17) is 9.47 Å². The van der Waals surface area contributed by atoms with Crippen LogP contribution in [0, 0.1) is 11.8 Å². The van der Waals surface area contributed by atoms with Gasteiger partial charge in [0.25, 0.3) is 0 Å². The number of nitrogens with zero attached hydrogens (tertiary/aromatic N) is 2. The fraction of sp³-hybridized carbons (Fsp3) is 0.500. The lowest BCUT2D eigenvalue weighted by atomic mass is 10.0. The van der Waals surface area contributed by atoms with Gasteiger partial charge in [0.15, 0.2) is 0 Å². The van der Waals surface area contributed by atoms with Crippen molar-refractivity contribution >= 4 is 17.9 Å². The molecule has 2 aromatic carbocycles. The number of benzene rings is 2. The first-order chi connectivity index (χ1) is 19.0. The summed E-state index contributed by atoms with van der Waals surface area (Å²) in [5.74, 6) is 0.540. The second-order valence-corrected chi connectivity index (χ2v) is 10.9. The third kappa shape index (κ3) is 6.96. The van der Waals surface area contributed by atoms with Crippen molar-refractivity contribution < 1.29 is 23.9 Å². The predicted octanol–water partition coefficient (Wildman–Crippen LogP) is 2.90. The van der Waals surface area contributed by atoms with E-state index in [-0.39, 0.29) is 24.0 Å². The number of hydrogen-bond donors (Lipinski definition) is 2. The number of alkyl carbamates (subject to hydrolysis) is 1. The van der Waals surface area contributed by atoms with Crippen LogP contribution in [-0.2, 0) is 19.1 Å². The molecule has 0 saturated carbocycles. The number of carbonyl (C=O) groups excluding carboxylic acids is 3. The van der Waals surface area contributed by atoms with E-state index in [1.165, 1.54) is 6.92 Å². The quantitative estimate of drug-likeness (QED) is 0.513. The SMILES string of the molecule is CC(=O)N[C@H](C(=O)N1CC2CN(CCC(NC(=O)OC3CCOC3)c3ccccc3)CC2C1)c1ccccc1. The summed E-state index contributed by atoms with van der Waals surface area (Å²) < 4.78 is 10.9. The molecule has 3 saturated heterocycles. The van der Waals surface area contributed by atoms with E-state index in [9.17, 15) is 14.4 Å². The van der Waals surface area contributed by atoms with Gasteiger partial charge in [-0.1, -0.05) is 60.7 Å². The molecule has 0 aliphatic carbocycles. The van der Waals surface area contributed by atoms with Gasteiger partial charge in [-0.2, -0.15) is 0 Å². The van der Waals surface area contributed by atoms with Crippen LogP contribution in [0.3, 0.4) is 0 Å². The van der Waals surface area contributed by atoms with Crippen molar-refractivity contribution in [2.24, 2.45) is 11.8 Å². The van der Waals surface area contributed by atoms with Crippen LogP contribution in [0.5, 0.6) is 0 Å². The number of amides is 3. The molecule has 3 aliphatic heterocycles. The highest BCUT2D eigenvalue weighted by Gasteiger charge is 2.43. The number of hydrogen-bond acceptors (Lipinski definition) is 6. The van der Waals surface area contributed by atoms with Crippen molar-refractivity contribution in [1.29, 1.82) is 0 Å². The summed E-state index contributed by atoms with van der Waals surface area (Å²) in [7, 11) is 0. The van der Waals surface area contributed by atoms with Crippen LogP contribution < -0.4 is 10.6 Å². The van der Waals surface area contributed by atoms with Crippen LogP contribution in [0.1, 0.15) is 43.0 Å². The van der Waals surface area contributed by atoms with Gasteiger partial charge in [-0.05, 0) is 29.4 Å². The second-order valence-electron chi connectivity index (χ2n) is 10.9. The van der Waals surface area contributed by atoms with E-state index in [1.54, 1.807) is 0 Å². The van der Waals surface area contributed by atoms with Gasteiger partial charge in [0.1, 0.15) is 12.1 Å². The van der Waals surface area contributed by atoms with Crippen LogP contribution in [0.15, 0.2) is 60.7 Å². The summed E-state index contributed by atoms with van der Waals surface area (Å²) in [6, 6.07) is 18.6. The van der Waals surface area contributed by atoms with Crippen LogP contribution in [0.4, 0.5) is 4.79 Å². The van der Waals surface area contributed by atoms with Crippen molar-refractivity contribution in [3.05, 3.63) is 71.8 Å². The number of rotatable bonds is 9. The molecule has 39 heavy (non-hydrogen) atoms. The Morgan fingerprint density at radius 1 is 0.923 bits per heavy atom. The highest BCUT2D eigenvalue weighted by molar-refractivity contribution is 5.88. The third-order valence-corrected chi connectivity index (χ3v) is 7.99. The molecule has 3 amide bonds. The monoisotopic (exact) mass is 534 g/mol. The molecule has 0 radical (unpaired) electrons. The lowest BCUT2D eigenvalue weighted by molar-refractivity contribution is -0.135. The Bertz CT molecular complexity index is 1110. The standard InChI is InChI=1S/C30H38N4O5/c1-21(35)31-28(23-10-6-3-7-11-23)29(36)34-18-24-16-33(17-25(24)19-34)14-12-27(22-8-4-2-5-9-22)32-30(37)39-26-13-15-38-20-26/h2-11,24-28H,12-20H2,1H3,(H,31,35)(H,32,37)/t24?,25?,26?,27?,28-/m0/s1. The molecule has 2 N–H and O–H groups in total.